The van der Waals surface area contributed by atoms with Crippen LogP contribution in [0.4, 0.5) is 0 Å². The zero-order chi connectivity index (χ0) is 19.7. The summed E-state index contributed by atoms with van der Waals surface area (Å²) in [7, 11) is -3.29. The molecule has 6 nitrogen and oxygen atoms in total. The number of benzene rings is 1. The maximum atomic E-state index is 11.5. The number of aromatic nitrogens is 1. The highest BCUT2D eigenvalue weighted by Gasteiger charge is 2.29. The molecule has 1 aliphatic rings. The van der Waals surface area contributed by atoms with Gasteiger partial charge in [-0.3, -0.25) is 4.90 Å². The Labute approximate surface area is 168 Å². The molecule has 3 aromatic rings. The number of pyridine rings is 1. The molecule has 0 aliphatic carbocycles. The molecule has 0 unspecified atom stereocenters. The molecule has 0 bridgehead atoms. The standard InChI is InChI=1S/C20H19ClN2O4S/c1-28(24,25)20-9-4-15(10-22-20)14-2-5-16(6-3-14)26-18-12-23(13-18)11-17-7-8-19(21)27-17/h2-10,18H,11-13H2,1H3. The molecule has 3 heterocycles. The van der Waals surface area contributed by atoms with Gasteiger partial charge >= 0.3 is 0 Å². The van der Waals surface area contributed by atoms with Crippen LogP contribution in [0.15, 0.2) is 64.2 Å². The lowest BCUT2D eigenvalue weighted by Crippen LogP contribution is -2.52. The average molecular weight is 419 g/mol. The molecule has 0 N–H and O–H groups in total. The fourth-order valence-electron chi connectivity index (χ4n) is 3.07. The zero-order valence-corrected chi connectivity index (χ0v) is 16.8. The van der Waals surface area contributed by atoms with Crippen LogP contribution in [0.25, 0.3) is 11.1 Å². The van der Waals surface area contributed by atoms with E-state index in [0.717, 1.165) is 48.5 Å². The predicted molar refractivity (Wildman–Crippen MR) is 106 cm³/mol. The van der Waals surface area contributed by atoms with Crippen molar-refractivity contribution in [3.8, 4) is 16.9 Å². The highest BCUT2D eigenvalue weighted by Crippen LogP contribution is 2.25. The minimum absolute atomic E-state index is 0.0718. The second-order valence-corrected chi connectivity index (χ2v) is 9.16. The van der Waals surface area contributed by atoms with Crippen molar-refractivity contribution < 1.29 is 17.6 Å². The monoisotopic (exact) mass is 418 g/mol. The second-order valence-electron chi connectivity index (χ2n) is 6.82. The number of sulfone groups is 1. The first-order chi connectivity index (χ1) is 13.4. The van der Waals surface area contributed by atoms with E-state index in [1.54, 1.807) is 18.3 Å². The number of halogens is 1. The zero-order valence-electron chi connectivity index (χ0n) is 15.2. The van der Waals surface area contributed by atoms with E-state index in [1.165, 1.54) is 6.07 Å². The summed E-state index contributed by atoms with van der Waals surface area (Å²) in [5.41, 5.74) is 1.80. The van der Waals surface area contributed by atoms with Crippen LogP contribution < -0.4 is 4.74 Å². The van der Waals surface area contributed by atoms with E-state index in [-0.39, 0.29) is 11.1 Å². The Kier molecular flexibility index (Phi) is 5.14. The van der Waals surface area contributed by atoms with Gasteiger partial charge in [-0.1, -0.05) is 12.1 Å². The van der Waals surface area contributed by atoms with Crippen LogP contribution in [-0.2, 0) is 16.4 Å². The molecule has 0 radical (unpaired) electrons. The lowest BCUT2D eigenvalue weighted by molar-refractivity contribution is 0.0107. The van der Waals surface area contributed by atoms with Gasteiger partial charge in [0.2, 0.25) is 0 Å². The first kappa shape index (κ1) is 19.0. The number of furan rings is 1. The molecule has 0 amide bonds. The molecule has 28 heavy (non-hydrogen) atoms. The number of nitrogens with zero attached hydrogens (tertiary/aromatic N) is 2. The number of likely N-dealkylation sites (tertiary alicyclic amines) is 1. The van der Waals surface area contributed by atoms with Crippen molar-refractivity contribution in [1.29, 1.82) is 0 Å². The highest BCUT2D eigenvalue weighted by molar-refractivity contribution is 7.90. The van der Waals surface area contributed by atoms with E-state index in [2.05, 4.69) is 9.88 Å². The number of hydrogen-bond donors (Lipinski definition) is 0. The van der Waals surface area contributed by atoms with Crippen LogP contribution in [0.2, 0.25) is 5.22 Å². The summed E-state index contributed by atoms with van der Waals surface area (Å²) < 4.78 is 34.3. The van der Waals surface area contributed by atoms with Crippen molar-refractivity contribution in [2.24, 2.45) is 0 Å². The topological polar surface area (TPSA) is 72.6 Å². The van der Waals surface area contributed by atoms with Crippen molar-refractivity contribution >= 4 is 21.4 Å². The smallest absolute Gasteiger partial charge is 0.193 e. The van der Waals surface area contributed by atoms with E-state index >= 15 is 0 Å². The fourth-order valence-corrected chi connectivity index (χ4v) is 3.79. The summed E-state index contributed by atoms with van der Waals surface area (Å²) in [5.74, 6) is 1.65. The van der Waals surface area contributed by atoms with Crippen LogP contribution in [0, 0.1) is 0 Å². The normalized spacial score (nSPS) is 15.4. The third-order valence-electron chi connectivity index (χ3n) is 4.54. The molecular weight excluding hydrogens is 400 g/mol. The van der Waals surface area contributed by atoms with E-state index < -0.39 is 9.84 Å². The Balaban J connectivity index is 1.32. The maximum Gasteiger partial charge on any atom is 0.193 e. The Morgan fingerprint density at radius 3 is 2.39 bits per heavy atom. The summed E-state index contributed by atoms with van der Waals surface area (Å²) in [6.45, 7) is 2.38. The largest absolute Gasteiger partial charge is 0.488 e. The maximum absolute atomic E-state index is 11.5. The lowest BCUT2D eigenvalue weighted by Gasteiger charge is -2.38. The number of ether oxygens (including phenoxy) is 1. The van der Waals surface area contributed by atoms with Gasteiger partial charge in [0.15, 0.2) is 20.1 Å². The SMILES string of the molecule is CS(=O)(=O)c1ccc(-c2ccc(OC3CN(Cc4ccc(Cl)o4)C3)cc2)cn1. The van der Waals surface area contributed by atoms with Crippen molar-refractivity contribution in [3.05, 3.63) is 65.7 Å². The van der Waals surface area contributed by atoms with Crippen LogP contribution in [0.5, 0.6) is 5.75 Å². The molecule has 0 saturated carbocycles. The lowest BCUT2D eigenvalue weighted by atomic mass is 10.1. The summed E-state index contributed by atoms with van der Waals surface area (Å²) >= 11 is 5.79. The third kappa shape index (κ3) is 4.38. The van der Waals surface area contributed by atoms with E-state index in [9.17, 15) is 8.42 Å². The van der Waals surface area contributed by atoms with Crippen molar-refractivity contribution in [2.75, 3.05) is 19.3 Å². The molecule has 1 aromatic carbocycles. The molecule has 0 atom stereocenters. The average Bonchev–Trinajstić information content (AvgIpc) is 3.05. The van der Waals surface area contributed by atoms with E-state index in [1.807, 2.05) is 30.3 Å². The van der Waals surface area contributed by atoms with Gasteiger partial charge in [-0.25, -0.2) is 13.4 Å². The Morgan fingerprint density at radius 1 is 1.11 bits per heavy atom. The summed E-state index contributed by atoms with van der Waals surface area (Å²) in [6.07, 6.45) is 2.86. The predicted octanol–water partition coefficient (Wildman–Crippen LogP) is 3.66. The summed E-state index contributed by atoms with van der Waals surface area (Å²) in [4.78, 5) is 6.25. The minimum atomic E-state index is -3.29. The van der Waals surface area contributed by atoms with Crippen molar-refractivity contribution in [2.45, 2.75) is 17.7 Å². The molecule has 1 fully saturated rings. The van der Waals surface area contributed by atoms with Gasteiger partial charge in [-0.15, -0.1) is 0 Å². The molecule has 1 saturated heterocycles. The van der Waals surface area contributed by atoms with Crippen LogP contribution in [0.1, 0.15) is 5.76 Å². The molecule has 0 spiro atoms. The van der Waals surface area contributed by atoms with Gasteiger partial charge < -0.3 is 9.15 Å². The number of rotatable bonds is 6. The fraction of sp³-hybridized carbons (Fsp3) is 0.250. The van der Waals surface area contributed by atoms with Crippen molar-refractivity contribution in [3.63, 3.8) is 0 Å². The second kappa shape index (κ2) is 7.58. The highest BCUT2D eigenvalue weighted by atomic mass is 35.5. The Hall–Kier alpha value is -2.35. The summed E-state index contributed by atoms with van der Waals surface area (Å²) in [5, 5.41) is 0.479. The number of hydrogen-bond acceptors (Lipinski definition) is 6. The van der Waals surface area contributed by atoms with Gasteiger partial charge in [0.05, 0.1) is 6.54 Å². The van der Waals surface area contributed by atoms with Gasteiger partial charge in [0.25, 0.3) is 0 Å². The van der Waals surface area contributed by atoms with Gasteiger partial charge in [-0.2, -0.15) is 0 Å². The van der Waals surface area contributed by atoms with Gasteiger partial charge in [-0.05, 0) is 53.6 Å². The Morgan fingerprint density at radius 2 is 1.82 bits per heavy atom. The molecule has 1 aliphatic heterocycles. The Bertz CT molecular complexity index is 1060. The first-order valence-electron chi connectivity index (χ1n) is 8.76. The van der Waals surface area contributed by atoms with Crippen LogP contribution in [0.3, 0.4) is 0 Å². The van der Waals surface area contributed by atoms with Crippen molar-refractivity contribution in [1.82, 2.24) is 9.88 Å². The molecule has 146 valence electrons. The van der Waals surface area contributed by atoms with E-state index in [0.29, 0.717) is 5.22 Å². The van der Waals surface area contributed by atoms with Crippen LogP contribution >= 0.6 is 11.6 Å². The summed E-state index contributed by atoms with van der Waals surface area (Å²) in [6, 6.07) is 14.6. The van der Waals surface area contributed by atoms with Gasteiger partial charge in [0, 0.05) is 31.1 Å². The minimum Gasteiger partial charge on any atom is -0.488 e. The van der Waals surface area contributed by atoms with Gasteiger partial charge in [0.1, 0.15) is 17.6 Å². The van der Waals surface area contributed by atoms with Crippen LogP contribution in [-0.4, -0.2) is 43.8 Å². The molecule has 4 rings (SSSR count). The molecule has 8 heteroatoms. The molecular formula is C20H19ClN2O4S. The quantitative estimate of drug-likeness (QED) is 0.608. The first-order valence-corrected chi connectivity index (χ1v) is 11.0. The molecule has 2 aromatic heterocycles. The third-order valence-corrected chi connectivity index (χ3v) is 5.74. The van der Waals surface area contributed by atoms with E-state index in [4.69, 9.17) is 20.8 Å².